The van der Waals surface area contributed by atoms with Gasteiger partial charge in [-0.15, -0.1) is 0 Å². The molecule has 0 bridgehead atoms. The van der Waals surface area contributed by atoms with E-state index in [0.717, 1.165) is 31.7 Å². The molecule has 0 spiro atoms. The summed E-state index contributed by atoms with van der Waals surface area (Å²) in [6, 6.07) is 4.35. The number of benzene rings is 1. The van der Waals surface area contributed by atoms with Crippen LogP contribution in [-0.2, 0) is 0 Å². The number of rotatable bonds is 2. The van der Waals surface area contributed by atoms with Crippen molar-refractivity contribution in [1.29, 1.82) is 0 Å². The highest BCUT2D eigenvalue weighted by Gasteiger charge is 2.35. The zero-order valence-electron chi connectivity index (χ0n) is 12.1. The maximum Gasteiger partial charge on any atom is 0.192 e. The van der Waals surface area contributed by atoms with Gasteiger partial charge in [-0.2, -0.15) is 0 Å². The van der Waals surface area contributed by atoms with Gasteiger partial charge in [-0.05, 0) is 18.9 Å². The van der Waals surface area contributed by atoms with Crippen molar-refractivity contribution >= 4 is 5.96 Å². The summed E-state index contributed by atoms with van der Waals surface area (Å²) in [6.45, 7) is 0.405. The topological polar surface area (TPSA) is 41.6 Å². The smallest absolute Gasteiger partial charge is 0.192 e. The van der Waals surface area contributed by atoms with Gasteiger partial charge in [0, 0.05) is 11.6 Å². The summed E-state index contributed by atoms with van der Waals surface area (Å²) in [7, 11) is 0. The Labute approximate surface area is 123 Å². The Balaban J connectivity index is 1.89. The number of hydrogen-bond acceptors (Lipinski definition) is 3. The minimum Gasteiger partial charge on any atom is -0.370 e. The molecule has 1 aromatic carbocycles. The number of nitrogens with zero attached hydrogens (tertiary/aromatic N) is 2. The normalized spacial score (nSPS) is 24.0. The third kappa shape index (κ3) is 2.74. The lowest BCUT2D eigenvalue weighted by Gasteiger charge is -2.34. The predicted octanol–water partition coefficient (Wildman–Crippen LogP) is 3.36. The van der Waals surface area contributed by atoms with E-state index in [2.05, 4.69) is 4.99 Å². The molecule has 1 aromatic rings. The van der Waals surface area contributed by atoms with Crippen molar-refractivity contribution < 1.29 is 8.78 Å². The minimum atomic E-state index is -0.807. The van der Waals surface area contributed by atoms with Crippen molar-refractivity contribution in [3.05, 3.63) is 35.4 Å². The summed E-state index contributed by atoms with van der Waals surface area (Å²) in [6.07, 6.45) is 6.88. The number of hydrogen-bond donors (Lipinski definition) is 1. The molecule has 0 aromatic heterocycles. The highest BCUT2D eigenvalue weighted by Crippen LogP contribution is 2.34. The molecule has 5 heteroatoms. The lowest BCUT2D eigenvalue weighted by atomic mass is 10.0. The molecular formula is C16H21F2N3. The molecular weight excluding hydrogens is 272 g/mol. The van der Waals surface area contributed by atoms with Gasteiger partial charge in [-0.3, -0.25) is 4.99 Å². The van der Waals surface area contributed by atoms with Crippen LogP contribution in [0.2, 0.25) is 0 Å². The summed E-state index contributed by atoms with van der Waals surface area (Å²) >= 11 is 0. The van der Waals surface area contributed by atoms with Crippen LogP contribution in [0, 0.1) is 11.6 Å². The molecule has 2 N–H and O–H groups in total. The molecule has 1 heterocycles. The summed E-state index contributed by atoms with van der Waals surface area (Å²) in [5, 5.41) is 0. The standard InChI is InChI=1S/C16H21F2N3/c17-13-9-5-8-12(15(13)18)14-10-20-16(19)21(14)11-6-3-1-2-4-7-11/h5,8-9,11,14H,1-4,6-7,10H2,(H2,19,20). The maximum absolute atomic E-state index is 14.1. The van der Waals surface area contributed by atoms with Crippen LogP contribution in [0.5, 0.6) is 0 Å². The summed E-state index contributed by atoms with van der Waals surface area (Å²) in [5.74, 6) is -1.11. The second-order valence-corrected chi connectivity index (χ2v) is 5.91. The van der Waals surface area contributed by atoms with Crippen LogP contribution in [0.1, 0.15) is 50.1 Å². The summed E-state index contributed by atoms with van der Waals surface area (Å²) < 4.78 is 27.6. The van der Waals surface area contributed by atoms with E-state index in [1.807, 2.05) is 4.90 Å². The summed E-state index contributed by atoms with van der Waals surface area (Å²) in [5.41, 5.74) is 6.40. The molecule has 1 aliphatic carbocycles. The van der Waals surface area contributed by atoms with E-state index in [9.17, 15) is 8.78 Å². The largest absolute Gasteiger partial charge is 0.370 e. The monoisotopic (exact) mass is 293 g/mol. The van der Waals surface area contributed by atoms with Crippen LogP contribution in [0.25, 0.3) is 0 Å². The predicted molar refractivity (Wildman–Crippen MR) is 78.9 cm³/mol. The van der Waals surface area contributed by atoms with Gasteiger partial charge < -0.3 is 10.6 Å². The molecule has 0 radical (unpaired) electrons. The fourth-order valence-corrected chi connectivity index (χ4v) is 3.51. The van der Waals surface area contributed by atoms with Crippen molar-refractivity contribution in [1.82, 2.24) is 4.90 Å². The summed E-state index contributed by atoms with van der Waals surface area (Å²) in [4.78, 5) is 6.30. The molecule has 3 nitrogen and oxygen atoms in total. The Morgan fingerprint density at radius 1 is 1.10 bits per heavy atom. The van der Waals surface area contributed by atoms with E-state index in [4.69, 9.17) is 5.73 Å². The Bertz CT molecular complexity index is 536. The Kier molecular flexibility index (Phi) is 4.08. The lowest BCUT2D eigenvalue weighted by molar-refractivity contribution is 0.232. The van der Waals surface area contributed by atoms with Gasteiger partial charge in [-0.25, -0.2) is 8.78 Å². The molecule has 1 fully saturated rings. The molecule has 1 saturated carbocycles. The maximum atomic E-state index is 14.1. The van der Waals surface area contributed by atoms with Crippen molar-refractivity contribution in [2.75, 3.05) is 6.54 Å². The van der Waals surface area contributed by atoms with E-state index < -0.39 is 11.6 Å². The molecule has 1 unspecified atom stereocenters. The highest BCUT2D eigenvalue weighted by molar-refractivity contribution is 5.80. The zero-order valence-corrected chi connectivity index (χ0v) is 12.1. The molecule has 21 heavy (non-hydrogen) atoms. The number of guanidine groups is 1. The third-order valence-electron chi connectivity index (χ3n) is 4.59. The van der Waals surface area contributed by atoms with Crippen LogP contribution in [0.3, 0.4) is 0 Å². The Morgan fingerprint density at radius 2 is 1.81 bits per heavy atom. The quantitative estimate of drug-likeness (QED) is 0.850. The third-order valence-corrected chi connectivity index (χ3v) is 4.59. The molecule has 0 amide bonds. The Morgan fingerprint density at radius 3 is 2.52 bits per heavy atom. The first-order valence-electron chi connectivity index (χ1n) is 7.70. The van der Waals surface area contributed by atoms with Crippen LogP contribution in [0.15, 0.2) is 23.2 Å². The number of nitrogens with two attached hydrogens (primary N) is 1. The highest BCUT2D eigenvalue weighted by atomic mass is 19.2. The van der Waals surface area contributed by atoms with Gasteiger partial charge in [-0.1, -0.05) is 37.8 Å². The van der Waals surface area contributed by atoms with Crippen LogP contribution in [0.4, 0.5) is 8.78 Å². The second-order valence-electron chi connectivity index (χ2n) is 5.91. The van der Waals surface area contributed by atoms with Crippen LogP contribution in [-0.4, -0.2) is 23.4 Å². The second kappa shape index (κ2) is 6.00. The molecule has 1 aliphatic heterocycles. The first-order valence-corrected chi connectivity index (χ1v) is 7.70. The molecule has 2 aliphatic rings. The molecule has 3 rings (SSSR count). The van der Waals surface area contributed by atoms with Crippen molar-refractivity contribution in [2.24, 2.45) is 10.7 Å². The van der Waals surface area contributed by atoms with Gasteiger partial charge >= 0.3 is 0 Å². The molecule has 1 atom stereocenters. The van der Waals surface area contributed by atoms with Crippen molar-refractivity contribution in [3.8, 4) is 0 Å². The van der Waals surface area contributed by atoms with Crippen LogP contribution >= 0.6 is 0 Å². The van der Waals surface area contributed by atoms with E-state index >= 15 is 0 Å². The van der Waals surface area contributed by atoms with Crippen LogP contribution < -0.4 is 5.73 Å². The average Bonchev–Trinajstić information content (AvgIpc) is 2.70. The number of aliphatic imine (C=N–C) groups is 1. The SMILES string of the molecule is NC1=NCC(c2cccc(F)c2F)N1C1CCCCCC1. The van der Waals surface area contributed by atoms with Gasteiger partial charge in [0.1, 0.15) is 0 Å². The van der Waals surface area contributed by atoms with Gasteiger partial charge in [0.2, 0.25) is 0 Å². The fourth-order valence-electron chi connectivity index (χ4n) is 3.51. The Hall–Kier alpha value is -1.65. The van der Waals surface area contributed by atoms with E-state index in [1.165, 1.54) is 12.8 Å². The molecule has 0 saturated heterocycles. The van der Waals surface area contributed by atoms with E-state index in [1.54, 1.807) is 12.1 Å². The van der Waals surface area contributed by atoms with Crippen molar-refractivity contribution in [2.45, 2.75) is 50.6 Å². The van der Waals surface area contributed by atoms with E-state index in [0.29, 0.717) is 18.1 Å². The first-order chi connectivity index (χ1) is 10.2. The van der Waals surface area contributed by atoms with Gasteiger partial charge in [0.25, 0.3) is 0 Å². The zero-order chi connectivity index (χ0) is 14.8. The van der Waals surface area contributed by atoms with Crippen molar-refractivity contribution in [3.63, 3.8) is 0 Å². The van der Waals surface area contributed by atoms with Gasteiger partial charge in [0.15, 0.2) is 17.6 Å². The van der Waals surface area contributed by atoms with E-state index in [-0.39, 0.29) is 12.1 Å². The molecule has 114 valence electrons. The average molecular weight is 293 g/mol. The minimum absolute atomic E-state index is 0.274. The van der Waals surface area contributed by atoms with Gasteiger partial charge in [0.05, 0.1) is 12.6 Å². The number of halogens is 2. The lowest BCUT2D eigenvalue weighted by Crippen LogP contribution is -2.43. The fraction of sp³-hybridized carbons (Fsp3) is 0.562. The first kappa shape index (κ1) is 14.3.